The molecule has 0 fully saturated rings. The van der Waals surface area contributed by atoms with Crippen molar-refractivity contribution in [2.45, 2.75) is 6.82 Å². The van der Waals surface area contributed by atoms with Gasteiger partial charge < -0.3 is 0 Å². The van der Waals surface area contributed by atoms with Crippen LogP contribution in [0.4, 0.5) is 0 Å². The Bertz CT molecular complexity index is 279. The second-order valence-corrected chi connectivity index (χ2v) is 2.36. The van der Waals surface area contributed by atoms with E-state index in [1.807, 2.05) is 6.82 Å². The summed E-state index contributed by atoms with van der Waals surface area (Å²) in [4.78, 5) is 18.1. The zero-order valence-corrected chi connectivity index (χ0v) is 6.80. The molecule has 1 rings (SSSR count). The largest absolute Gasteiger partial charge is 0.298 e. The van der Waals surface area contributed by atoms with E-state index in [4.69, 9.17) is 11.6 Å². The van der Waals surface area contributed by atoms with Gasteiger partial charge in [0.25, 0.3) is 0 Å². The molecule has 56 valence electrons. The van der Waals surface area contributed by atoms with E-state index >= 15 is 0 Å². The number of rotatable bonds is 2. The highest BCUT2D eigenvalue weighted by Gasteiger charge is 2.01. The number of hydrogen-bond acceptors (Lipinski definition) is 3. The fourth-order valence-electron chi connectivity index (χ4n) is 0.653. The lowest BCUT2D eigenvalue weighted by atomic mass is 9.81. The lowest BCUT2D eigenvalue weighted by Gasteiger charge is -1.96. The normalized spacial score (nSPS) is 9.27. The van der Waals surface area contributed by atoms with Crippen LogP contribution in [0.15, 0.2) is 6.20 Å². The van der Waals surface area contributed by atoms with E-state index in [2.05, 4.69) is 9.97 Å². The first kappa shape index (κ1) is 8.20. The quantitative estimate of drug-likeness (QED) is 0.356. The Morgan fingerprint density at radius 1 is 1.73 bits per heavy atom. The maximum absolute atomic E-state index is 10.3. The van der Waals surface area contributed by atoms with Gasteiger partial charge >= 0.3 is 0 Å². The summed E-state index contributed by atoms with van der Waals surface area (Å²) in [6, 6.07) is 0. The van der Waals surface area contributed by atoms with Crippen LogP contribution in [0.25, 0.3) is 0 Å². The average Bonchev–Trinajstić information content (AvgIpc) is 2.04. The molecule has 0 aliphatic heterocycles. The van der Waals surface area contributed by atoms with Crippen molar-refractivity contribution in [1.29, 1.82) is 0 Å². The monoisotopic (exact) mass is 168 g/mol. The number of hydrogen-bond donors (Lipinski definition) is 0. The molecule has 0 atom stereocenters. The third kappa shape index (κ3) is 1.77. The van der Waals surface area contributed by atoms with Crippen molar-refractivity contribution >= 4 is 30.9 Å². The van der Waals surface area contributed by atoms with Gasteiger partial charge in [-0.05, 0) is 0 Å². The lowest BCUT2D eigenvalue weighted by Crippen LogP contribution is -2.20. The standard InChI is InChI=1S/C6H6BClN2O/c1-7-6-9-2-4(3-11)5(8)10-6/h2-3,7H,1H3. The van der Waals surface area contributed by atoms with Crippen molar-refractivity contribution in [2.75, 3.05) is 0 Å². The van der Waals surface area contributed by atoms with Crippen LogP contribution >= 0.6 is 11.6 Å². The first-order valence-corrected chi connectivity index (χ1v) is 3.62. The van der Waals surface area contributed by atoms with Crippen molar-refractivity contribution in [2.24, 2.45) is 0 Å². The number of aromatic nitrogens is 2. The molecule has 5 heteroatoms. The van der Waals surface area contributed by atoms with E-state index in [0.29, 0.717) is 17.6 Å². The van der Waals surface area contributed by atoms with E-state index in [9.17, 15) is 4.79 Å². The predicted octanol–water partition coefficient (Wildman–Crippen LogP) is 0.0524. The predicted molar refractivity (Wildman–Crippen MR) is 45.1 cm³/mol. The minimum absolute atomic E-state index is 0.229. The topological polar surface area (TPSA) is 42.9 Å². The number of carbonyl (C=O) groups excluding carboxylic acids is 1. The molecule has 1 aromatic heterocycles. The summed E-state index contributed by atoms with van der Waals surface area (Å²) in [5.74, 6) is 0. The lowest BCUT2D eigenvalue weighted by molar-refractivity contribution is 0.112. The van der Waals surface area contributed by atoms with Crippen LogP contribution in [0.2, 0.25) is 12.0 Å². The van der Waals surface area contributed by atoms with Crippen LogP contribution in [-0.4, -0.2) is 23.5 Å². The molecule has 0 saturated carbocycles. The van der Waals surface area contributed by atoms with Gasteiger partial charge in [-0.2, -0.15) is 0 Å². The summed E-state index contributed by atoms with van der Waals surface area (Å²) in [7, 11) is 0.721. The zero-order valence-electron chi connectivity index (χ0n) is 6.04. The highest BCUT2D eigenvalue weighted by Crippen LogP contribution is 2.05. The minimum Gasteiger partial charge on any atom is -0.298 e. The maximum atomic E-state index is 10.3. The highest BCUT2D eigenvalue weighted by atomic mass is 35.5. The van der Waals surface area contributed by atoms with Crippen LogP contribution in [0.1, 0.15) is 10.4 Å². The van der Waals surface area contributed by atoms with Crippen LogP contribution in [0, 0.1) is 0 Å². The van der Waals surface area contributed by atoms with Crippen LogP contribution in [0.3, 0.4) is 0 Å². The molecular formula is C6H6BClN2O. The van der Waals surface area contributed by atoms with Crippen LogP contribution in [-0.2, 0) is 0 Å². The van der Waals surface area contributed by atoms with Gasteiger partial charge in [-0.15, -0.1) is 0 Å². The van der Waals surface area contributed by atoms with E-state index in [-0.39, 0.29) is 5.15 Å². The van der Waals surface area contributed by atoms with Gasteiger partial charge in [0, 0.05) is 6.20 Å². The summed E-state index contributed by atoms with van der Waals surface area (Å²) in [5.41, 5.74) is 0.990. The molecule has 0 unspecified atom stereocenters. The summed E-state index contributed by atoms with van der Waals surface area (Å²) in [5, 5.41) is 0.229. The van der Waals surface area contributed by atoms with Crippen LogP contribution in [0.5, 0.6) is 0 Å². The number of nitrogens with zero attached hydrogens (tertiary/aromatic N) is 2. The SMILES string of the molecule is CBc1ncc(C=O)c(Cl)n1. The summed E-state index contributed by atoms with van der Waals surface area (Å²) in [6.45, 7) is 1.92. The number of carbonyl (C=O) groups is 1. The van der Waals surface area contributed by atoms with Gasteiger partial charge in [0.1, 0.15) is 5.15 Å². The molecule has 1 heterocycles. The third-order valence-corrected chi connectivity index (χ3v) is 1.56. The first-order valence-electron chi connectivity index (χ1n) is 3.24. The van der Waals surface area contributed by atoms with Gasteiger partial charge in [-0.1, -0.05) is 18.4 Å². The zero-order chi connectivity index (χ0) is 8.27. The number of aldehydes is 1. The third-order valence-electron chi connectivity index (χ3n) is 1.26. The van der Waals surface area contributed by atoms with Crippen molar-refractivity contribution in [3.8, 4) is 0 Å². The Labute approximate surface area is 70.1 Å². The second-order valence-electron chi connectivity index (χ2n) is 2.00. The smallest absolute Gasteiger partial charge is 0.204 e. The fourth-order valence-corrected chi connectivity index (χ4v) is 0.844. The summed E-state index contributed by atoms with van der Waals surface area (Å²) in [6.07, 6.45) is 2.07. The van der Waals surface area contributed by atoms with Gasteiger partial charge in [0.15, 0.2) is 6.29 Å². The second kappa shape index (κ2) is 3.48. The fraction of sp³-hybridized carbons (Fsp3) is 0.167. The maximum Gasteiger partial charge on any atom is 0.204 e. The van der Waals surface area contributed by atoms with Crippen molar-refractivity contribution in [1.82, 2.24) is 9.97 Å². The molecule has 1 aromatic rings. The van der Waals surface area contributed by atoms with Gasteiger partial charge in [-0.3, -0.25) is 9.78 Å². The van der Waals surface area contributed by atoms with Gasteiger partial charge in [-0.25, -0.2) is 4.98 Å². The molecule has 11 heavy (non-hydrogen) atoms. The molecule has 0 spiro atoms. The van der Waals surface area contributed by atoms with E-state index in [1.165, 1.54) is 6.20 Å². The molecule has 0 aliphatic rings. The minimum atomic E-state index is 0.229. The van der Waals surface area contributed by atoms with E-state index in [1.54, 1.807) is 0 Å². The molecule has 0 aliphatic carbocycles. The van der Waals surface area contributed by atoms with Gasteiger partial charge in [0.2, 0.25) is 7.28 Å². The first-order chi connectivity index (χ1) is 5.27. The molecule has 0 amide bonds. The Kier molecular flexibility index (Phi) is 2.60. The Balaban J connectivity index is 3.09. The number of halogens is 1. The van der Waals surface area contributed by atoms with Crippen LogP contribution < -0.4 is 5.72 Å². The van der Waals surface area contributed by atoms with E-state index < -0.39 is 0 Å². The van der Waals surface area contributed by atoms with E-state index in [0.717, 1.165) is 7.28 Å². The average molecular weight is 168 g/mol. The van der Waals surface area contributed by atoms with Crippen molar-refractivity contribution < 1.29 is 4.79 Å². The molecule has 3 nitrogen and oxygen atoms in total. The molecule has 0 radical (unpaired) electrons. The Morgan fingerprint density at radius 3 is 2.91 bits per heavy atom. The highest BCUT2D eigenvalue weighted by molar-refractivity contribution is 6.50. The molecule has 0 saturated heterocycles. The summed E-state index contributed by atoms with van der Waals surface area (Å²) >= 11 is 5.63. The van der Waals surface area contributed by atoms with Crippen molar-refractivity contribution in [3.63, 3.8) is 0 Å². The Hall–Kier alpha value is -0.895. The molecule has 0 bridgehead atoms. The summed E-state index contributed by atoms with van der Waals surface area (Å²) < 4.78 is 0. The molecular weight excluding hydrogens is 162 g/mol. The van der Waals surface area contributed by atoms with Gasteiger partial charge in [0.05, 0.1) is 11.3 Å². The molecule has 0 aromatic carbocycles. The van der Waals surface area contributed by atoms with Crippen molar-refractivity contribution in [3.05, 3.63) is 16.9 Å². The Morgan fingerprint density at radius 2 is 2.45 bits per heavy atom. The molecule has 0 N–H and O–H groups in total.